The second-order valence-electron chi connectivity index (χ2n) is 3.61. The number of aromatic nitrogens is 2. The molecule has 0 fully saturated rings. The standard InChI is InChI=1S/C11H12N2O2/c1-8(2)9-4-3-6-13(10(9)14)11-12-5-7-15-11/h3-8H,1-2H3. The second-order valence-corrected chi connectivity index (χ2v) is 3.61. The molecule has 0 saturated heterocycles. The highest BCUT2D eigenvalue weighted by atomic mass is 16.4. The Morgan fingerprint density at radius 1 is 1.47 bits per heavy atom. The summed E-state index contributed by atoms with van der Waals surface area (Å²) in [5.41, 5.74) is 0.686. The van der Waals surface area contributed by atoms with Gasteiger partial charge in [-0.15, -0.1) is 0 Å². The third kappa shape index (κ3) is 1.70. The van der Waals surface area contributed by atoms with Gasteiger partial charge < -0.3 is 4.42 Å². The zero-order valence-corrected chi connectivity index (χ0v) is 8.68. The van der Waals surface area contributed by atoms with Gasteiger partial charge in [0.1, 0.15) is 6.26 Å². The van der Waals surface area contributed by atoms with Crippen molar-refractivity contribution in [3.8, 4) is 6.01 Å². The lowest BCUT2D eigenvalue weighted by Crippen LogP contribution is -2.22. The van der Waals surface area contributed by atoms with Gasteiger partial charge in [0.15, 0.2) is 0 Å². The first-order valence-electron chi connectivity index (χ1n) is 4.81. The average Bonchev–Trinajstić information content (AvgIpc) is 2.70. The van der Waals surface area contributed by atoms with Crippen LogP contribution in [0.4, 0.5) is 0 Å². The summed E-state index contributed by atoms with van der Waals surface area (Å²) in [7, 11) is 0. The number of oxazole rings is 1. The molecule has 4 nitrogen and oxygen atoms in total. The molecule has 0 aromatic carbocycles. The van der Waals surface area contributed by atoms with Crippen molar-refractivity contribution < 1.29 is 4.42 Å². The molecule has 0 radical (unpaired) electrons. The van der Waals surface area contributed by atoms with Crippen molar-refractivity contribution in [2.75, 3.05) is 0 Å². The monoisotopic (exact) mass is 204 g/mol. The van der Waals surface area contributed by atoms with Gasteiger partial charge in [-0.1, -0.05) is 19.9 Å². The van der Waals surface area contributed by atoms with Crippen molar-refractivity contribution in [1.82, 2.24) is 9.55 Å². The van der Waals surface area contributed by atoms with Gasteiger partial charge in [-0.2, -0.15) is 0 Å². The molecule has 2 heterocycles. The lowest BCUT2D eigenvalue weighted by atomic mass is 10.1. The van der Waals surface area contributed by atoms with Crippen LogP contribution < -0.4 is 5.56 Å². The molecule has 0 aliphatic carbocycles. The Kier molecular flexibility index (Phi) is 2.41. The molecule has 0 aliphatic rings. The minimum absolute atomic E-state index is 0.0741. The summed E-state index contributed by atoms with van der Waals surface area (Å²) in [6, 6.07) is 3.95. The lowest BCUT2D eigenvalue weighted by molar-refractivity contribution is 0.520. The molecule has 2 rings (SSSR count). The van der Waals surface area contributed by atoms with Crippen LogP contribution in [0.2, 0.25) is 0 Å². The van der Waals surface area contributed by atoms with Crippen molar-refractivity contribution in [1.29, 1.82) is 0 Å². The van der Waals surface area contributed by atoms with Gasteiger partial charge in [0.05, 0.1) is 6.20 Å². The van der Waals surface area contributed by atoms with Crippen LogP contribution in [0.3, 0.4) is 0 Å². The van der Waals surface area contributed by atoms with Gasteiger partial charge in [0.25, 0.3) is 5.56 Å². The Balaban J connectivity index is 2.60. The topological polar surface area (TPSA) is 48.0 Å². The number of nitrogens with zero attached hydrogens (tertiary/aromatic N) is 2. The van der Waals surface area contributed by atoms with E-state index in [4.69, 9.17) is 4.42 Å². The van der Waals surface area contributed by atoms with E-state index in [1.807, 2.05) is 26.0 Å². The van der Waals surface area contributed by atoms with E-state index in [0.717, 1.165) is 5.56 Å². The number of rotatable bonds is 2. The van der Waals surface area contributed by atoms with Crippen molar-refractivity contribution in [3.63, 3.8) is 0 Å². The van der Waals surface area contributed by atoms with Crippen molar-refractivity contribution in [2.24, 2.45) is 0 Å². The van der Waals surface area contributed by atoms with E-state index >= 15 is 0 Å². The first-order valence-corrected chi connectivity index (χ1v) is 4.81. The second kappa shape index (κ2) is 3.73. The lowest BCUT2D eigenvalue weighted by Gasteiger charge is -2.06. The summed E-state index contributed by atoms with van der Waals surface area (Å²) in [6.07, 6.45) is 4.62. The van der Waals surface area contributed by atoms with E-state index in [-0.39, 0.29) is 11.5 Å². The minimum Gasteiger partial charge on any atom is -0.432 e. The summed E-state index contributed by atoms with van der Waals surface area (Å²) < 4.78 is 6.50. The number of hydrogen-bond acceptors (Lipinski definition) is 3. The van der Waals surface area contributed by atoms with E-state index in [1.165, 1.54) is 17.0 Å². The Labute approximate surface area is 87.2 Å². The quantitative estimate of drug-likeness (QED) is 0.751. The third-order valence-electron chi connectivity index (χ3n) is 2.22. The van der Waals surface area contributed by atoms with Crippen LogP contribution in [0.15, 0.2) is 40.0 Å². The van der Waals surface area contributed by atoms with Crippen LogP contribution in [0, 0.1) is 0 Å². The zero-order valence-electron chi connectivity index (χ0n) is 8.68. The summed E-state index contributed by atoms with van der Waals surface area (Å²) in [4.78, 5) is 15.9. The summed E-state index contributed by atoms with van der Waals surface area (Å²) in [5, 5.41) is 0. The molecule has 2 aromatic rings. The molecule has 0 saturated carbocycles. The molecule has 15 heavy (non-hydrogen) atoms. The van der Waals surface area contributed by atoms with Crippen LogP contribution in [0.5, 0.6) is 0 Å². The molecule has 0 atom stereocenters. The largest absolute Gasteiger partial charge is 0.432 e. The molecule has 0 unspecified atom stereocenters. The zero-order chi connectivity index (χ0) is 10.8. The Hall–Kier alpha value is -1.84. The molecule has 0 N–H and O–H groups in total. The molecule has 0 aliphatic heterocycles. The summed E-state index contributed by atoms with van der Waals surface area (Å²) >= 11 is 0. The fraction of sp³-hybridized carbons (Fsp3) is 0.273. The Bertz CT molecular complexity index is 498. The number of hydrogen-bond donors (Lipinski definition) is 0. The van der Waals surface area contributed by atoms with Gasteiger partial charge in [-0.05, 0) is 12.0 Å². The molecular formula is C11H12N2O2. The van der Waals surface area contributed by atoms with Gasteiger partial charge in [-0.3, -0.25) is 4.79 Å². The van der Waals surface area contributed by atoms with E-state index in [0.29, 0.717) is 6.01 Å². The van der Waals surface area contributed by atoms with Crippen LogP contribution in [0.1, 0.15) is 25.3 Å². The maximum absolute atomic E-state index is 12.0. The maximum atomic E-state index is 12.0. The maximum Gasteiger partial charge on any atom is 0.308 e. The number of pyridine rings is 1. The molecule has 0 amide bonds. The van der Waals surface area contributed by atoms with Gasteiger partial charge in [0.2, 0.25) is 0 Å². The van der Waals surface area contributed by atoms with Crippen molar-refractivity contribution in [2.45, 2.75) is 19.8 Å². The molecule has 0 bridgehead atoms. The third-order valence-corrected chi connectivity index (χ3v) is 2.22. The van der Waals surface area contributed by atoms with E-state index < -0.39 is 0 Å². The predicted octanol–water partition coefficient (Wildman–Crippen LogP) is 1.95. The Morgan fingerprint density at radius 3 is 2.87 bits per heavy atom. The fourth-order valence-corrected chi connectivity index (χ4v) is 1.44. The Morgan fingerprint density at radius 2 is 2.27 bits per heavy atom. The highest BCUT2D eigenvalue weighted by Crippen LogP contribution is 2.09. The van der Waals surface area contributed by atoms with Crippen molar-refractivity contribution >= 4 is 0 Å². The van der Waals surface area contributed by atoms with Crippen LogP contribution in [-0.2, 0) is 0 Å². The van der Waals surface area contributed by atoms with E-state index in [1.54, 1.807) is 6.20 Å². The summed E-state index contributed by atoms with van der Waals surface area (Å²) in [5.74, 6) is 0.194. The SMILES string of the molecule is CC(C)c1cccn(-c2ncco2)c1=O. The predicted molar refractivity (Wildman–Crippen MR) is 56.2 cm³/mol. The molecule has 78 valence electrons. The van der Waals surface area contributed by atoms with Gasteiger partial charge >= 0.3 is 6.01 Å². The fourth-order valence-electron chi connectivity index (χ4n) is 1.44. The average molecular weight is 204 g/mol. The van der Waals surface area contributed by atoms with Crippen molar-refractivity contribution in [3.05, 3.63) is 46.7 Å². The van der Waals surface area contributed by atoms with Crippen LogP contribution >= 0.6 is 0 Å². The van der Waals surface area contributed by atoms with E-state index in [2.05, 4.69) is 4.98 Å². The minimum atomic E-state index is -0.0741. The molecule has 2 aromatic heterocycles. The smallest absolute Gasteiger partial charge is 0.308 e. The normalized spacial score (nSPS) is 10.9. The van der Waals surface area contributed by atoms with Gasteiger partial charge in [0, 0.05) is 11.8 Å². The van der Waals surface area contributed by atoms with E-state index in [9.17, 15) is 4.79 Å². The first kappa shape index (κ1) is 9.71. The van der Waals surface area contributed by atoms with Crippen LogP contribution in [0.25, 0.3) is 6.01 Å². The summed E-state index contributed by atoms with van der Waals surface area (Å²) in [6.45, 7) is 3.97. The van der Waals surface area contributed by atoms with Crippen LogP contribution in [-0.4, -0.2) is 9.55 Å². The van der Waals surface area contributed by atoms with Gasteiger partial charge in [-0.25, -0.2) is 9.55 Å². The highest BCUT2D eigenvalue weighted by molar-refractivity contribution is 5.19. The molecule has 4 heteroatoms. The first-order chi connectivity index (χ1) is 7.20. The highest BCUT2D eigenvalue weighted by Gasteiger charge is 2.09. The molecule has 0 spiro atoms. The molecular weight excluding hydrogens is 192 g/mol.